The molecule has 1 aromatic heterocycles. The highest BCUT2D eigenvalue weighted by Gasteiger charge is 2.16. The van der Waals surface area contributed by atoms with Crippen molar-refractivity contribution in [2.45, 2.75) is 6.42 Å². The number of hydrogen-bond donors (Lipinski definition) is 0. The minimum Gasteiger partial charge on any atom is -0.469 e. The average Bonchev–Trinajstić information content (AvgIpc) is 2.87. The molecule has 0 spiro atoms. The van der Waals surface area contributed by atoms with E-state index in [4.69, 9.17) is 0 Å². The van der Waals surface area contributed by atoms with Crippen LogP contribution in [-0.2, 0) is 16.0 Å². The van der Waals surface area contributed by atoms with E-state index >= 15 is 0 Å². The average molecular weight is 278 g/mol. The van der Waals surface area contributed by atoms with Gasteiger partial charge in [0.25, 0.3) is 0 Å². The van der Waals surface area contributed by atoms with Crippen LogP contribution in [0.5, 0.6) is 0 Å². The van der Waals surface area contributed by atoms with Gasteiger partial charge in [0.05, 0.1) is 24.0 Å². The molecule has 2 aromatic rings. The van der Waals surface area contributed by atoms with E-state index in [1.807, 2.05) is 0 Å². The summed E-state index contributed by atoms with van der Waals surface area (Å²) in [5.41, 5.74) is 0.0361. The highest BCUT2D eigenvalue weighted by atomic mass is 32.1. The van der Waals surface area contributed by atoms with E-state index < -0.39 is 5.82 Å². The number of ether oxygens (including phenoxy) is 1. The van der Waals surface area contributed by atoms with Crippen molar-refractivity contribution in [3.63, 3.8) is 0 Å². The predicted octanol–water partition coefficient (Wildman–Crippen LogP) is 2.83. The van der Waals surface area contributed by atoms with Gasteiger partial charge in [0.15, 0.2) is 0 Å². The number of benzene rings is 1. The molecular formula is C14H11FO3S. The Morgan fingerprint density at radius 3 is 2.63 bits per heavy atom. The van der Waals surface area contributed by atoms with Crippen LogP contribution in [0.2, 0.25) is 0 Å². The standard InChI is InChI=1S/C14H11FO3S/c1-18-13(16)8-9-6-7-12(19-9)14(17)10-4-2-3-5-11(10)15/h2-7H,8H2,1H3. The number of hydrogen-bond acceptors (Lipinski definition) is 4. The molecule has 3 nitrogen and oxygen atoms in total. The molecule has 0 unspecified atom stereocenters. The van der Waals surface area contributed by atoms with E-state index in [0.29, 0.717) is 9.75 Å². The van der Waals surface area contributed by atoms with E-state index in [1.54, 1.807) is 18.2 Å². The zero-order valence-corrected chi connectivity index (χ0v) is 11.0. The smallest absolute Gasteiger partial charge is 0.310 e. The van der Waals surface area contributed by atoms with Crippen molar-refractivity contribution in [1.82, 2.24) is 0 Å². The fraction of sp³-hybridized carbons (Fsp3) is 0.143. The second kappa shape index (κ2) is 5.75. The maximum Gasteiger partial charge on any atom is 0.310 e. The van der Waals surface area contributed by atoms with Gasteiger partial charge in [0.2, 0.25) is 5.78 Å². The normalized spacial score (nSPS) is 10.2. The highest BCUT2D eigenvalue weighted by molar-refractivity contribution is 7.14. The van der Waals surface area contributed by atoms with Gasteiger partial charge in [-0.2, -0.15) is 0 Å². The van der Waals surface area contributed by atoms with Gasteiger partial charge in [-0.1, -0.05) is 12.1 Å². The third-order valence-corrected chi connectivity index (χ3v) is 3.63. The third kappa shape index (κ3) is 3.06. The number of ketones is 1. The van der Waals surface area contributed by atoms with Crippen molar-refractivity contribution in [3.05, 3.63) is 57.5 Å². The summed E-state index contributed by atoms with van der Waals surface area (Å²) < 4.78 is 18.1. The fourth-order valence-corrected chi connectivity index (χ4v) is 2.53. The summed E-state index contributed by atoms with van der Waals surface area (Å²) in [4.78, 5) is 24.3. The van der Waals surface area contributed by atoms with Gasteiger partial charge in [-0.05, 0) is 24.3 Å². The lowest BCUT2D eigenvalue weighted by Gasteiger charge is -1.99. The summed E-state index contributed by atoms with van der Waals surface area (Å²) in [7, 11) is 1.31. The molecule has 98 valence electrons. The van der Waals surface area contributed by atoms with E-state index in [9.17, 15) is 14.0 Å². The Morgan fingerprint density at radius 2 is 1.95 bits per heavy atom. The Labute approximate surface area is 113 Å². The maximum atomic E-state index is 13.5. The van der Waals surface area contributed by atoms with Crippen molar-refractivity contribution in [2.75, 3.05) is 7.11 Å². The van der Waals surface area contributed by atoms with Crippen LogP contribution in [0.3, 0.4) is 0 Å². The van der Waals surface area contributed by atoms with Gasteiger partial charge in [0, 0.05) is 4.88 Å². The molecule has 0 bridgehead atoms. The minimum atomic E-state index is -0.546. The van der Waals surface area contributed by atoms with Gasteiger partial charge >= 0.3 is 5.97 Å². The van der Waals surface area contributed by atoms with E-state index in [1.165, 1.54) is 36.6 Å². The van der Waals surface area contributed by atoms with Crippen LogP contribution in [0, 0.1) is 5.82 Å². The largest absolute Gasteiger partial charge is 0.469 e. The topological polar surface area (TPSA) is 43.4 Å². The molecule has 0 N–H and O–H groups in total. The molecule has 0 radical (unpaired) electrons. The number of rotatable bonds is 4. The summed E-state index contributed by atoms with van der Waals surface area (Å²) in [6.45, 7) is 0. The molecule has 0 atom stereocenters. The summed E-state index contributed by atoms with van der Waals surface area (Å²) in [5, 5.41) is 0. The van der Waals surface area contributed by atoms with Crippen LogP contribution in [0.15, 0.2) is 36.4 Å². The lowest BCUT2D eigenvalue weighted by molar-refractivity contribution is -0.139. The highest BCUT2D eigenvalue weighted by Crippen LogP contribution is 2.22. The third-order valence-electron chi connectivity index (χ3n) is 2.55. The number of carbonyl (C=O) groups is 2. The number of carbonyl (C=O) groups excluding carboxylic acids is 2. The SMILES string of the molecule is COC(=O)Cc1ccc(C(=O)c2ccccc2F)s1. The summed E-state index contributed by atoms with van der Waals surface area (Å²) >= 11 is 1.17. The van der Waals surface area contributed by atoms with Gasteiger partial charge in [-0.3, -0.25) is 9.59 Å². The quantitative estimate of drug-likeness (QED) is 0.638. The Hall–Kier alpha value is -2.01. The first kappa shape index (κ1) is 13.4. The fourth-order valence-electron chi connectivity index (χ4n) is 1.59. The van der Waals surface area contributed by atoms with Gasteiger partial charge in [-0.25, -0.2) is 4.39 Å². The number of halogens is 1. The van der Waals surface area contributed by atoms with Crippen LogP contribution in [0.25, 0.3) is 0 Å². The molecule has 0 amide bonds. The lowest BCUT2D eigenvalue weighted by Crippen LogP contribution is -2.03. The molecule has 2 rings (SSSR count). The second-order valence-electron chi connectivity index (χ2n) is 3.83. The summed E-state index contributed by atoms with van der Waals surface area (Å²) in [6.07, 6.45) is 0.117. The molecule has 1 aromatic carbocycles. The Morgan fingerprint density at radius 1 is 1.21 bits per heavy atom. The van der Waals surface area contributed by atoms with Crippen molar-refractivity contribution in [3.8, 4) is 0 Å². The number of esters is 1. The molecule has 0 saturated heterocycles. The first-order valence-electron chi connectivity index (χ1n) is 5.56. The van der Waals surface area contributed by atoms with Gasteiger partial charge < -0.3 is 4.74 Å². The van der Waals surface area contributed by atoms with Crippen LogP contribution in [0.1, 0.15) is 20.1 Å². The van der Waals surface area contributed by atoms with Crippen LogP contribution < -0.4 is 0 Å². The van der Waals surface area contributed by atoms with E-state index in [0.717, 1.165) is 0 Å². The van der Waals surface area contributed by atoms with Crippen LogP contribution in [0.4, 0.5) is 4.39 Å². The van der Waals surface area contributed by atoms with E-state index in [2.05, 4.69) is 4.74 Å². The van der Waals surface area contributed by atoms with Gasteiger partial charge in [-0.15, -0.1) is 11.3 Å². The molecule has 5 heteroatoms. The van der Waals surface area contributed by atoms with Crippen LogP contribution in [-0.4, -0.2) is 18.9 Å². The minimum absolute atomic E-state index is 0.0361. The monoisotopic (exact) mass is 278 g/mol. The number of thiophene rings is 1. The van der Waals surface area contributed by atoms with Crippen molar-refractivity contribution in [1.29, 1.82) is 0 Å². The lowest BCUT2D eigenvalue weighted by atomic mass is 10.1. The molecule has 0 aliphatic heterocycles. The number of methoxy groups -OCH3 is 1. The molecule has 0 aliphatic carbocycles. The first-order chi connectivity index (χ1) is 9.11. The summed E-state index contributed by atoms with van der Waals surface area (Å²) in [6, 6.07) is 9.10. The molecule has 0 saturated carbocycles. The zero-order chi connectivity index (χ0) is 13.8. The molecule has 0 aliphatic rings. The zero-order valence-electron chi connectivity index (χ0n) is 10.2. The van der Waals surface area contributed by atoms with Crippen molar-refractivity contribution in [2.24, 2.45) is 0 Å². The molecule has 1 heterocycles. The summed E-state index contributed by atoms with van der Waals surface area (Å²) in [5.74, 6) is -1.29. The maximum absolute atomic E-state index is 13.5. The first-order valence-corrected chi connectivity index (χ1v) is 6.38. The van der Waals surface area contributed by atoms with Crippen molar-refractivity contribution >= 4 is 23.1 Å². The van der Waals surface area contributed by atoms with Gasteiger partial charge in [0.1, 0.15) is 5.82 Å². The second-order valence-corrected chi connectivity index (χ2v) is 5.00. The van der Waals surface area contributed by atoms with E-state index in [-0.39, 0.29) is 23.7 Å². The Bertz CT molecular complexity index is 619. The molecule has 19 heavy (non-hydrogen) atoms. The predicted molar refractivity (Wildman–Crippen MR) is 69.9 cm³/mol. The molecule has 0 fully saturated rings. The van der Waals surface area contributed by atoms with Crippen molar-refractivity contribution < 1.29 is 18.7 Å². The Kier molecular flexibility index (Phi) is 4.06. The Balaban J connectivity index is 2.21. The molecular weight excluding hydrogens is 267 g/mol. The van der Waals surface area contributed by atoms with Crippen LogP contribution >= 0.6 is 11.3 Å².